The summed E-state index contributed by atoms with van der Waals surface area (Å²) in [4.78, 5) is 11.7. The number of carboxylic acid groups (broad SMARTS) is 1. The summed E-state index contributed by atoms with van der Waals surface area (Å²) >= 11 is 0. The largest absolute Gasteiger partial charge is 0.497 e. The third-order valence-corrected chi connectivity index (χ3v) is 3.64. The van der Waals surface area contributed by atoms with E-state index < -0.39 is 11.9 Å². The summed E-state index contributed by atoms with van der Waals surface area (Å²) in [6.45, 7) is 1.99. The Labute approximate surface area is 130 Å². The van der Waals surface area contributed by atoms with Gasteiger partial charge < -0.3 is 14.6 Å². The monoisotopic (exact) mass is 300 g/mol. The van der Waals surface area contributed by atoms with E-state index in [1.807, 2.05) is 31.2 Å². The lowest BCUT2D eigenvalue weighted by Gasteiger charge is -2.17. The zero-order valence-corrected chi connectivity index (χ0v) is 13.0. The van der Waals surface area contributed by atoms with Crippen LogP contribution < -0.4 is 9.47 Å². The van der Waals surface area contributed by atoms with Crippen LogP contribution in [0.15, 0.2) is 42.5 Å². The van der Waals surface area contributed by atoms with E-state index in [-0.39, 0.29) is 0 Å². The minimum atomic E-state index is -0.870. The lowest BCUT2D eigenvalue weighted by molar-refractivity contribution is -0.138. The molecule has 1 atom stereocenters. The molecule has 0 aromatic heterocycles. The summed E-state index contributed by atoms with van der Waals surface area (Å²) in [6, 6.07) is 13.1. The highest BCUT2D eigenvalue weighted by Crippen LogP contribution is 2.33. The zero-order chi connectivity index (χ0) is 16.1. The molecule has 0 saturated heterocycles. The number of benzene rings is 2. The van der Waals surface area contributed by atoms with Gasteiger partial charge in [0.1, 0.15) is 11.5 Å². The maximum Gasteiger partial charge on any atom is 0.311 e. The molecule has 2 aromatic rings. The molecule has 2 aromatic carbocycles. The van der Waals surface area contributed by atoms with E-state index in [1.165, 1.54) is 7.11 Å². The summed E-state index contributed by atoms with van der Waals surface area (Å²) in [5, 5.41) is 9.62. The van der Waals surface area contributed by atoms with Gasteiger partial charge in [-0.25, -0.2) is 0 Å². The first-order valence-corrected chi connectivity index (χ1v) is 7.05. The first-order valence-electron chi connectivity index (χ1n) is 7.05. The van der Waals surface area contributed by atoms with Crippen molar-refractivity contribution >= 4 is 5.97 Å². The highest BCUT2D eigenvalue weighted by atomic mass is 16.5. The number of aliphatic carboxylic acids is 1. The molecule has 0 heterocycles. The first-order chi connectivity index (χ1) is 10.5. The molecule has 0 aliphatic heterocycles. The fourth-order valence-corrected chi connectivity index (χ4v) is 2.51. The maximum atomic E-state index is 11.7. The van der Waals surface area contributed by atoms with Crippen LogP contribution in [0.5, 0.6) is 11.5 Å². The van der Waals surface area contributed by atoms with Gasteiger partial charge in [-0.15, -0.1) is 0 Å². The zero-order valence-electron chi connectivity index (χ0n) is 13.0. The van der Waals surface area contributed by atoms with Crippen molar-refractivity contribution in [2.75, 3.05) is 14.2 Å². The van der Waals surface area contributed by atoms with E-state index in [0.29, 0.717) is 23.5 Å². The second kappa shape index (κ2) is 6.98. The van der Waals surface area contributed by atoms with Gasteiger partial charge in [-0.05, 0) is 25.0 Å². The molecule has 116 valence electrons. The Kier molecular flexibility index (Phi) is 5.04. The van der Waals surface area contributed by atoms with Gasteiger partial charge in [-0.3, -0.25) is 4.79 Å². The number of rotatable bonds is 6. The molecule has 0 radical (unpaired) electrons. The predicted octanol–water partition coefficient (Wildman–Crippen LogP) is 3.42. The fourth-order valence-electron chi connectivity index (χ4n) is 2.51. The molecular weight excluding hydrogens is 280 g/mol. The number of aryl methyl sites for hydroxylation is 1. The average molecular weight is 300 g/mol. The smallest absolute Gasteiger partial charge is 0.311 e. The van der Waals surface area contributed by atoms with Crippen molar-refractivity contribution in [1.82, 2.24) is 0 Å². The number of carbonyl (C=O) groups is 1. The number of hydrogen-bond acceptors (Lipinski definition) is 3. The summed E-state index contributed by atoms with van der Waals surface area (Å²) < 4.78 is 10.5. The molecule has 4 heteroatoms. The quantitative estimate of drug-likeness (QED) is 0.888. The van der Waals surface area contributed by atoms with E-state index in [0.717, 1.165) is 11.1 Å². The lowest BCUT2D eigenvalue weighted by Crippen LogP contribution is -2.15. The molecule has 1 unspecified atom stereocenters. The van der Waals surface area contributed by atoms with Crippen molar-refractivity contribution in [3.63, 3.8) is 0 Å². The molecule has 0 saturated carbocycles. The van der Waals surface area contributed by atoms with Gasteiger partial charge in [0, 0.05) is 11.6 Å². The molecule has 2 rings (SSSR count). The molecule has 0 bridgehead atoms. The highest BCUT2D eigenvalue weighted by molar-refractivity contribution is 5.78. The van der Waals surface area contributed by atoms with Gasteiger partial charge in [-0.2, -0.15) is 0 Å². The van der Waals surface area contributed by atoms with Gasteiger partial charge in [0.2, 0.25) is 0 Å². The second-order valence-corrected chi connectivity index (χ2v) is 5.19. The summed E-state index contributed by atoms with van der Waals surface area (Å²) in [5.41, 5.74) is 2.76. The first kappa shape index (κ1) is 15.9. The minimum Gasteiger partial charge on any atom is -0.497 e. The third kappa shape index (κ3) is 3.58. The Morgan fingerprint density at radius 1 is 1.14 bits per heavy atom. The molecular formula is C18H20O4. The molecule has 4 nitrogen and oxygen atoms in total. The van der Waals surface area contributed by atoms with E-state index in [1.54, 1.807) is 25.3 Å². The van der Waals surface area contributed by atoms with Crippen LogP contribution in [0.1, 0.15) is 22.6 Å². The van der Waals surface area contributed by atoms with Gasteiger partial charge in [0.15, 0.2) is 0 Å². The topological polar surface area (TPSA) is 55.8 Å². The van der Waals surface area contributed by atoms with Crippen LogP contribution in [0.4, 0.5) is 0 Å². The van der Waals surface area contributed by atoms with Crippen molar-refractivity contribution in [2.24, 2.45) is 0 Å². The van der Waals surface area contributed by atoms with Crippen LogP contribution in [0, 0.1) is 6.92 Å². The van der Waals surface area contributed by atoms with Crippen molar-refractivity contribution in [1.29, 1.82) is 0 Å². The van der Waals surface area contributed by atoms with Crippen LogP contribution in [0.25, 0.3) is 0 Å². The molecule has 0 aliphatic carbocycles. The number of methoxy groups -OCH3 is 2. The highest BCUT2D eigenvalue weighted by Gasteiger charge is 2.24. The van der Waals surface area contributed by atoms with Crippen molar-refractivity contribution in [2.45, 2.75) is 19.3 Å². The molecule has 0 spiro atoms. The minimum absolute atomic E-state index is 0.416. The lowest BCUT2D eigenvalue weighted by atomic mass is 9.91. The van der Waals surface area contributed by atoms with Crippen LogP contribution in [0.2, 0.25) is 0 Å². The predicted molar refractivity (Wildman–Crippen MR) is 84.8 cm³/mol. The molecule has 22 heavy (non-hydrogen) atoms. The van der Waals surface area contributed by atoms with E-state index in [2.05, 4.69) is 0 Å². The number of carboxylic acids is 1. The van der Waals surface area contributed by atoms with Gasteiger partial charge in [-0.1, -0.05) is 35.9 Å². The normalized spacial score (nSPS) is 11.8. The molecule has 0 aliphatic rings. The third-order valence-electron chi connectivity index (χ3n) is 3.64. The van der Waals surface area contributed by atoms with Crippen molar-refractivity contribution < 1.29 is 19.4 Å². The van der Waals surface area contributed by atoms with E-state index in [9.17, 15) is 9.90 Å². The van der Waals surface area contributed by atoms with Crippen molar-refractivity contribution in [3.05, 3.63) is 59.2 Å². The van der Waals surface area contributed by atoms with Crippen LogP contribution in [-0.2, 0) is 11.2 Å². The van der Waals surface area contributed by atoms with E-state index in [4.69, 9.17) is 9.47 Å². The molecule has 0 fully saturated rings. The number of ether oxygens (including phenoxy) is 2. The van der Waals surface area contributed by atoms with Gasteiger partial charge in [0.05, 0.1) is 20.1 Å². The summed E-state index contributed by atoms with van der Waals surface area (Å²) in [6.07, 6.45) is 0.416. The molecule has 0 amide bonds. The standard InChI is InChI=1S/C18H20O4/c1-12-5-4-6-13(9-12)10-16(18(19)20)15-8-7-14(21-2)11-17(15)22-3/h4-9,11,16H,10H2,1-3H3,(H,19,20). The Morgan fingerprint density at radius 2 is 1.91 bits per heavy atom. The number of hydrogen-bond donors (Lipinski definition) is 1. The Balaban J connectivity index is 2.38. The van der Waals surface area contributed by atoms with Crippen LogP contribution >= 0.6 is 0 Å². The van der Waals surface area contributed by atoms with Crippen molar-refractivity contribution in [3.8, 4) is 11.5 Å². The Morgan fingerprint density at radius 3 is 2.50 bits per heavy atom. The van der Waals surface area contributed by atoms with Crippen LogP contribution in [-0.4, -0.2) is 25.3 Å². The molecule has 1 N–H and O–H groups in total. The SMILES string of the molecule is COc1ccc(C(Cc2cccc(C)c2)C(=O)O)c(OC)c1. The second-order valence-electron chi connectivity index (χ2n) is 5.19. The average Bonchev–Trinajstić information content (AvgIpc) is 2.52. The fraction of sp³-hybridized carbons (Fsp3) is 0.278. The summed E-state index contributed by atoms with van der Waals surface area (Å²) in [7, 11) is 3.10. The van der Waals surface area contributed by atoms with Gasteiger partial charge >= 0.3 is 5.97 Å². The van der Waals surface area contributed by atoms with Gasteiger partial charge in [0.25, 0.3) is 0 Å². The Bertz CT molecular complexity index is 664. The maximum absolute atomic E-state index is 11.7. The summed E-state index contributed by atoms with van der Waals surface area (Å²) in [5.74, 6) is -0.368. The van der Waals surface area contributed by atoms with Crippen LogP contribution in [0.3, 0.4) is 0 Å². The Hall–Kier alpha value is -2.49. The van der Waals surface area contributed by atoms with E-state index >= 15 is 0 Å².